The number of hydrogen-bond donors (Lipinski definition) is 1. The highest BCUT2D eigenvalue weighted by Crippen LogP contribution is 2.36. The minimum Gasteiger partial charge on any atom is -0.507 e. The van der Waals surface area contributed by atoms with Gasteiger partial charge >= 0.3 is 5.97 Å². The number of ether oxygens (including phenoxy) is 3. The highest BCUT2D eigenvalue weighted by Gasteiger charge is 2.34. The molecule has 188 valence electrons. The monoisotopic (exact) mass is 508 g/mol. The molecule has 0 bridgehead atoms. The molecular formula is C27H28N2O6S. The Hall–Kier alpha value is -3.85. The van der Waals surface area contributed by atoms with Gasteiger partial charge in [-0.25, -0.2) is 9.79 Å². The Morgan fingerprint density at radius 2 is 1.97 bits per heavy atom. The van der Waals surface area contributed by atoms with Gasteiger partial charge in [0.25, 0.3) is 5.56 Å². The summed E-state index contributed by atoms with van der Waals surface area (Å²) in [6.45, 7) is 7.48. The molecule has 0 fully saturated rings. The van der Waals surface area contributed by atoms with E-state index in [0.717, 1.165) is 0 Å². The number of thiazole rings is 1. The molecule has 1 aromatic heterocycles. The SMILES string of the molecule is CCOC(=O)C1=C(C)N=c2s/c(=C\c3ccccc3O)c(=O)n2[C@H]1c1ccc(OC(C)C)c(OC)c1. The predicted molar refractivity (Wildman–Crippen MR) is 137 cm³/mol. The molecule has 0 saturated heterocycles. The summed E-state index contributed by atoms with van der Waals surface area (Å²) in [5.41, 5.74) is 1.57. The van der Waals surface area contributed by atoms with E-state index in [0.29, 0.717) is 37.7 Å². The van der Waals surface area contributed by atoms with Crippen molar-refractivity contribution in [1.29, 1.82) is 0 Å². The van der Waals surface area contributed by atoms with Crippen LogP contribution < -0.4 is 24.4 Å². The molecule has 2 aromatic carbocycles. The molecule has 4 rings (SSSR count). The molecule has 0 saturated carbocycles. The Kier molecular flexibility index (Phi) is 7.30. The maximum Gasteiger partial charge on any atom is 0.338 e. The molecule has 1 aliphatic heterocycles. The van der Waals surface area contributed by atoms with Crippen LogP contribution in [0.2, 0.25) is 0 Å². The summed E-state index contributed by atoms with van der Waals surface area (Å²) in [5.74, 6) is 0.561. The average molecular weight is 509 g/mol. The Labute approximate surface area is 212 Å². The lowest BCUT2D eigenvalue weighted by Crippen LogP contribution is -2.40. The van der Waals surface area contributed by atoms with Gasteiger partial charge in [-0.15, -0.1) is 0 Å². The number of methoxy groups -OCH3 is 1. The normalized spacial score (nSPS) is 15.5. The van der Waals surface area contributed by atoms with Gasteiger partial charge in [0.2, 0.25) is 0 Å². The summed E-state index contributed by atoms with van der Waals surface area (Å²) < 4.78 is 18.6. The molecule has 0 aliphatic carbocycles. The number of phenolic OH excluding ortho intramolecular Hbond substituents is 1. The van der Waals surface area contributed by atoms with E-state index in [2.05, 4.69) is 4.99 Å². The summed E-state index contributed by atoms with van der Waals surface area (Å²) in [7, 11) is 1.54. The number of carbonyl (C=O) groups excluding carboxylic acids is 1. The number of fused-ring (bicyclic) bond motifs is 1. The van der Waals surface area contributed by atoms with Crippen molar-refractivity contribution >= 4 is 23.4 Å². The number of esters is 1. The predicted octanol–water partition coefficient (Wildman–Crippen LogP) is 3.30. The largest absolute Gasteiger partial charge is 0.507 e. The van der Waals surface area contributed by atoms with E-state index in [1.54, 1.807) is 56.3 Å². The first-order valence-electron chi connectivity index (χ1n) is 11.6. The van der Waals surface area contributed by atoms with E-state index >= 15 is 0 Å². The topological polar surface area (TPSA) is 99.4 Å². The van der Waals surface area contributed by atoms with Crippen LogP contribution in [0, 0.1) is 0 Å². The fourth-order valence-corrected chi connectivity index (χ4v) is 5.10. The third-order valence-electron chi connectivity index (χ3n) is 5.61. The van der Waals surface area contributed by atoms with Crippen molar-refractivity contribution < 1.29 is 24.1 Å². The van der Waals surface area contributed by atoms with Gasteiger partial charge in [-0.1, -0.05) is 35.6 Å². The van der Waals surface area contributed by atoms with Crippen LogP contribution in [0.3, 0.4) is 0 Å². The number of hydrogen-bond acceptors (Lipinski definition) is 8. The molecule has 9 heteroatoms. The van der Waals surface area contributed by atoms with Crippen LogP contribution in [0.4, 0.5) is 0 Å². The number of carbonyl (C=O) groups is 1. The van der Waals surface area contributed by atoms with Gasteiger partial charge in [-0.2, -0.15) is 0 Å². The summed E-state index contributed by atoms with van der Waals surface area (Å²) in [6.07, 6.45) is 1.56. The molecule has 1 atom stereocenters. The highest BCUT2D eigenvalue weighted by atomic mass is 32.1. The van der Waals surface area contributed by atoms with Crippen molar-refractivity contribution in [3.8, 4) is 17.2 Å². The maximum atomic E-state index is 13.7. The Morgan fingerprint density at radius 3 is 2.64 bits per heavy atom. The number of benzene rings is 2. The molecule has 3 aromatic rings. The summed E-state index contributed by atoms with van der Waals surface area (Å²) in [5, 5.41) is 10.2. The minimum absolute atomic E-state index is 0.0611. The van der Waals surface area contributed by atoms with Crippen LogP contribution >= 0.6 is 11.3 Å². The van der Waals surface area contributed by atoms with Crippen LogP contribution in [0.15, 0.2) is 63.5 Å². The Bertz CT molecular complexity index is 1520. The van der Waals surface area contributed by atoms with E-state index < -0.39 is 12.0 Å². The average Bonchev–Trinajstić information content (AvgIpc) is 3.14. The number of para-hydroxylation sites is 1. The second kappa shape index (κ2) is 10.4. The van der Waals surface area contributed by atoms with E-state index in [4.69, 9.17) is 14.2 Å². The molecule has 1 aliphatic rings. The highest BCUT2D eigenvalue weighted by molar-refractivity contribution is 7.07. The second-order valence-corrected chi connectivity index (χ2v) is 9.45. The number of allylic oxidation sites excluding steroid dienone is 1. The first-order chi connectivity index (χ1) is 17.2. The van der Waals surface area contributed by atoms with Crippen molar-refractivity contribution in [2.45, 2.75) is 39.8 Å². The summed E-state index contributed by atoms with van der Waals surface area (Å²) in [4.78, 5) is 31.8. The van der Waals surface area contributed by atoms with Gasteiger partial charge in [0.05, 0.1) is 41.7 Å². The van der Waals surface area contributed by atoms with E-state index in [1.807, 2.05) is 19.9 Å². The molecule has 8 nitrogen and oxygen atoms in total. The number of nitrogens with zero attached hydrogens (tertiary/aromatic N) is 2. The van der Waals surface area contributed by atoms with Gasteiger partial charge < -0.3 is 19.3 Å². The van der Waals surface area contributed by atoms with Gasteiger partial charge in [-0.3, -0.25) is 9.36 Å². The molecule has 2 heterocycles. The quantitative estimate of drug-likeness (QED) is 0.492. The Balaban J connectivity index is 1.96. The van der Waals surface area contributed by atoms with Gasteiger partial charge in [0, 0.05) is 5.56 Å². The molecule has 0 amide bonds. The van der Waals surface area contributed by atoms with Crippen LogP contribution in [-0.4, -0.2) is 35.5 Å². The minimum atomic E-state index is -0.783. The number of phenols is 1. The van der Waals surface area contributed by atoms with Gasteiger partial charge in [0.15, 0.2) is 16.3 Å². The van der Waals surface area contributed by atoms with Crippen molar-refractivity contribution in [1.82, 2.24) is 4.57 Å². The molecular weight excluding hydrogens is 480 g/mol. The van der Waals surface area contributed by atoms with Crippen LogP contribution in [0.1, 0.15) is 44.9 Å². The first kappa shape index (κ1) is 25.2. The lowest BCUT2D eigenvalue weighted by Gasteiger charge is -2.25. The molecule has 0 radical (unpaired) electrons. The van der Waals surface area contributed by atoms with Gasteiger partial charge in [0.1, 0.15) is 5.75 Å². The zero-order valence-corrected chi connectivity index (χ0v) is 21.6. The third-order valence-corrected chi connectivity index (χ3v) is 6.59. The van der Waals surface area contributed by atoms with E-state index in [9.17, 15) is 14.7 Å². The number of rotatable bonds is 7. The van der Waals surface area contributed by atoms with Crippen molar-refractivity contribution in [3.63, 3.8) is 0 Å². The van der Waals surface area contributed by atoms with Crippen molar-refractivity contribution in [3.05, 3.63) is 84.5 Å². The molecule has 1 N–H and O–H groups in total. The fraction of sp³-hybridized carbons (Fsp3) is 0.296. The summed E-state index contributed by atoms with van der Waals surface area (Å²) >= 11 is 1.19. The van der Waals surface area contributed by atoms with E-state index in [-0.39, 0.29) is 29.6 Å². The lowest BCUT2D eigenvalue weighted by atomic mass is 9.95. The first-order valence-corrected chi connectivity index (χ1v) is 12.4. The van der Waals surface area contributed by atoms with Crippen LogP contribution in [-0.2, 0) is 9.53 Å². The zero-order valence-electron chi connectivity index (χ0n) is 20.8. The summed E-state index contributed by atoms with van der Waals surface area (Å²) in [6, 6.07) is 11.3. The van der Waals surface area contributed by atoms with Crippen molar-refractivity contribution in [2.24, 2.45) is 4.99 Å². The third kappa shape index (κ3) is 4.79. The van der Waals surface area contributed by atoms with Crippen LogP contribution in [0.25, 0.3) is 6.08 Å². The van der Waals surface area contributed by atoms with Crippen molar-refractivity contribution in [2.75, 3.05) is 13.7 Å². The van der Waals surface area contributed by atoms with E-state index in [1.165, 1.54) is 23.0 Å². The molecule has 0 unspecified atom stereocenters. The molecule has 36 heavy (non-hydrogen) atoms. The number of aromatic hydroxyl groups is 1. The lowest BCUT2D eigenvalue weighted by molar-refractivity contribution is -0.139. The number of aromatic nitrogens is 1. The smallest absolute Gasteiger partial charge is 0.338 e. The fourth-order valence-electron chi connectivity index (χ4n) is 4.06. The Morgan fingerprint density at radius 1 is 1.22 bits per heavy atom. The maximum absolute atomic E-state index is 13.7. The van der Waals surface area contributed by atoms with Crippen LogP contribution in [0.5, 0.6) is 17.2 Å². The van der Waals surface area contributed by atoms with Gasteiger partial charge in [-0.05, 0) is 57.5 Å². The zero-order chi connectivity index (χ0) is 26.0. The molecule has 0 spiro atoms. The second-order valence-electron chi connectivity index (χ2n) is 8.44. The standard InChI is InChI=1S/C27H28N2O6S/c1-6-34-26(32)23-16(4)28-27-29(25(31)22(36-27)14-17-9-7-8-10-19(17)30)24(23)18-11-12-20(35-15(2)3)21(13-18)33-5/h7-15,24,30H,6H2,1-5H3/b22-14-/t24-/m0/s1.